The molecule has 5 heteroatoms. The van der Waals surface area contributed by atoms with Crippen LogP contribution in [0, 0.1) is 0 Å². The van der Waals surface area contributed by atoms with E-state index in [0.717, 1.165) is 0 Å². The molecule has 0 amide bonds. The molecule has 13 heavy (non-hydrogen) atoms. The quantitative estimate of drug-likeness (QED) is 0.288. The molecule has 0 aromatic carbocycles. The number of rotatable bonds is 5. The van der Waals surface area contributed by atoms with Crippen molar-refractivity contribution in [2.24, 2.45) is 0 Å². The smallest absolute Gasteiger partial charge is 0.376 e. The van der Waals surface area contributed by atoms with Crippen LogP contribution in [0.2, 0.25) is 0 Å². The van der Waals surface area contributed by atoms with E-state index in [-0.39, 0.29) is 13.0 Å². The van der Waals surface area contributed by atoms with Crippen LogP contribution in [-0.2, 0) is 19.1 Å². The molecule has 1 atom stereocenters. The van der Waals surface area contributed by atoms with E-state index in [1.54, 1.807) is 13.8 Å². The van der Waals surface area contributed by atoms with Gasteiger partial charge in [0.25, 0.3) is 5.78 Å². The van der Waals surface area contributed by atoms with E-state index in [9.17, 15) is 14.4 Å². The van der Waals surface area contributed by atoms with Gasteiger partial charge in [-0.3, -0.25) is 9.59 Å². The molecule has 0 heterocycles. The summed E-state index contributed by atoms with van der Waals surface area (Å²) < 4.78 is 4.39. The SMILES string of the molecule is CCOC(=O)C(=O)C(Cl)C(=O)CC. The standard InChI is InChI=1S/C8H11ClO4/c1-3-5(10)6(9)7(11)8(12)13-4-2/h6H,3-4H2,1-2H3. The van der Waals surface area contributed by atoms with Gasteiger partial charge in [0.15, 0.2) is 11.2 Å². The van der Waals surface area contributed by atoms with Crippen LogP contribution >= 0.6 is 11.6 Å². The lowest BCUT2D eigenvalue weighted by molar-refractivity contribution is -0.154. The number of carbonyl (C=O) groups is 3. The van der Waals surface area contributed by atoms with Crippen molar-refractivity contribution in [3.63, 3.8) is 0 Å². The number of Topliss-reactive ketones (excluding diaryl/α,β-unsaturated/α-hetero) is 2. The molecular weight excluding hydrogens is 196 g/mol. The third-order valence-corrected chi connectivity index (χ3v) is 1.78. The van der Waals surface area contributed by atoms with Crippen LogP contribution in [0.15, 0.2) is 0 Å². The molecule has 1 unspecified atom stereocenters. The van der Waals surface area contributed by atoms with Crippen LogP contribution in [0.25, 0.3) is 0 Å². The Hall–Kier alpha value is -0.900. The highest BCUT2D eigenvalue weighted by molar-refractivity contribution is 6.54. The van der Waals surface area contributed by atoms with E-state index in [0.29, 0.717) is 0 Å². The first kappa shape index (κ1) is 12.1. The maximum absolute atomic E-state index is 11.0. The lowest BCUT2D eigenvalue weighted by atomic mass is 10.1. The van der Waals surface area contributed by atoms with Gasteiger partial charge in [-0.05, 0) is 6.92 Å². The molecule has 0 bridgehead atoms. The van der Waals surface area contributed by atoms with Crippen molar-refractivity contribution in [2.45, 2.75) is 25.6 Å². The van der Waals surface area contributed by atoms with Crippen molar-refractivity contribution in [3.05, 3.63) is 0 Å². The van der Waals surface area contributed by atoms with Crippen LogP contribution in [0.5, 0.6) is 0 Å². The van der Waals surface area contributed by atoms with Crippen molar-refractivity contribution < 1.29 is 19.1 Å². The fraction of sp³-hybridized carbons (Fsp3) is 0.625. The van der Waals surface area contributed by atoms with E-state index < -0.39 is 22.9 Å². The largest absolute Gasteiger partial charge is 0.460 e. The Morgan fingerprint density at radius 2 is 1.85 bits per heavy atom. The van der Waals surface area contributed by atoms with Crippen molar-refractivity contribution >= 4 is 29.1 Å². The van der Waals surface area contributed by atoms with Crippen LogP contribution < -0.4 is 0 Å². The molecule has 0 fully saturated rings. The van der Waals surface area contributed by atoms with E-state index >= 15 is 0 Å². The Labute approximate surface area is 81.2 Å². The number of ketones is 2. The minimum Gasteiger partial charge on any atom is -0.460 e. The van der Waals surface area contributed by atoms with Gasteiger partial charge in [0.2, 0.25) is 0 Å². The average Bonchev–Trinajstić information content (AvgIpc) is 2.14. The predicted molar refractivity (Wildman–Crippen MR) is 46.6 cm³/mol. The van der Waals surface area contributed by atoms with Gasteiger partial charge in [0.1, 0.15) is 0 Å². The first-order valence-corrected chi connectivity index (χ1v) is 4.35. The fourth-order valence-corrected chi connectivity index (χ4v) is 0.875. The summed E-state index contributed by atoms with van der Waals surface area (Å²) in [5, 5.41) is -1.40. The number of halogens is 1. The molecule has 0 spiro atoms. The molecule has 0 aromatic heterocycles. The topological polar surface area (TPSA) is 60.4 Å². The number of hydrogen-bond donors (Lipinski definition) is 0. The maximum Gasteiger partial charge on any atom is 0.376 e. The molecule has 0 radical (unpaired) electrons. The summed E-state index contributed by atoms with van der Waals surface area (Å²) in [7, 11) is 0. The third kappa shape index (κ3) is 3.55. The number of carbonyl (C=O) groups excluding carboxylic acids is 3. The molecule has 0 aliphatic rings. The summed E-state index contributed by atoms with van der Waals surface area (Å²) in [6.45, 7) is 3.22. The Kier molecular flexibility index (Phi) is 5.30. The summed E-state index contributed by atoms with van der Waals surface area (Å²) in [6, 6.07) is 0. The van der Waals surface area contributed by atoms with Crippen molar-refractivity contribution in [2.75, 3.05) is 6.61 Å². The zero-order valence-electron chi connectivity index (χ0n) is 7.50. The summed E-state index contributed by atoms with van der Waals surface area (Å²) in [4.78, 5) is 32.7. The van der Waals surface area contributed by atoms with E-state index in [1.165, 1.54) is 0 Å². The van der Waals surface area contributed by atoms with Crippen molar-refractivity contribution in [1.82, 2.24) is 0 Å². The zero-order valence-corrected chi connectivity index (χ0v) is 8.26. The second-order valence-electron chi connectivity index (χ2n) is 2.27. The predicted octanol–water partition coefficient (Wildman–Crippen LogP) is 0.705. The molecule has 0 aliphatic carbocycles. The van der Waals surface area contributed by atoms with E-state index in [2.05, 4.69) is 4.74 Å². The number of alkyl halides is 1. The van der Waals surface area contributed by atoms with Crippen LogP contribution in [0.1, 0.15) is 20.3 Å². The van der Waals surface area contributed by atoms with Gasteiger partial charge in [0, 0.05) is 6.42 Å². The minimum absolute atomic E-state index is 0.0918. The van der Waals surface area contributed by atoms with Crippen molar-refractivity contribution in [1.29, 1.82) is 0 Å². The van der Waals surface area contributed by atoms with Crippen molar-refractivity contribution in [3.8, 4) is 0 Å². The number of esters is 1. The van der Waals surface area contributed by atoms with Gasteiger partial charge in [-0.15, -0.1) is 11.6 Å². The Bertz CT molecular complexity index is 224. The molecule has 0 rings (SSSR count). The summed E-state index contributed by atoms with van der Waals surface area (Å²) >= 11 is 5.41. The first-order chi connectivity index (χ1) is 6.04. The van der Waals surface area contributed by atoms with Gasteiger partial charge in [-0.1, -0.05) is 6.92 Å². The molecule has 0 saturated carbocycles. The highest BCUT2D eigenvalue weighted by atomic mass is 35.5. The lowest BCUT2D eigenvalue weighted by Crippen LogP contribution is -2.32. The number of ether oxygens (including phenoxy) is 1. The molecule has 0 aromatic rings. The van der Waals surface area contributed by atoms with E-state index in [4.69, 9.17) is 11.6 Å². The first-order valence-electron chi connectivity index (χ1n) is 3.92. The van der Waals surface area contributed by atoms with E-state index in [1.807, 2.05) is 0 Å². The van der Waals surface area contributed by atoms with Gasteiger partial charge < -0.3 is 4.74 Å². The minimum atomic E-state index is -1.40. The normalized spacial score (nSPS) is 11.9. The molecule has 74 valence electrons. The maximum atomic E-state index is 11.0. The van der Waals surface area contributed by atoms with Crippen LogP contribution in [0.4, 0.5) is 0 Å². The average molecular weight is 207 g/mol. The zero-order chi connectivity index (χ0) is 10.4. The van der Waals surface area contributed by atoms with Crippen LogP contribution in [0.3, 0.4) is 0 Å². The fourth-order valence-electron chi connectivity index (χ4n) is 0.631. The monoisotopic (exact) mass is 206 g/mol. The molecule has 4 nitrogen and oxygen atoms in total. The Balaban J connectivity index is 4.25. The van der Waals surface area contributed by atoms with Gasteiger partial charge in [-0.25, -0.2) is 4.79 Å². The summed E-state index contributed by atoms with van der Waals surface area (Å²) in [6.07, 6.45) is 0.124. The highest BCUT2D eigenvalue weighted by Crippen LogP contribution is 2.03. The van der Waals surface area contributed by atoms with Gasteiger partial charge in [-0.2, -0.15) is 0 Å². The highest BCUT2D eigenvalue weighted by Gasteiger charge is 2.29. The van der Waals surface area contributed by atoms with Gasteiger partial charge >= 0.3 is 5.97 Å². The molecule has 0 saturated heterocycles. The number of hydrogen-bond acceptors (Lipinski definition) is 4. The summed E-state index contributed by atoms with van der Waals surface area (Å²) in [5.74, 6) is -2.51. The van der Waals surface area contributed by atoms with Crippen LogP contribution in [-0.4, -0.2) is 29.5 Å². The Morgan fingerprint density at radius 3 is 2.23 bits per heavy atom. The Morgan fingerprint density at radius 1 is 1.31 bits per heavy atom. The lowest BCUT2D eigenvalue weighted by Gasteiger charge is -2.04. The van der Waals surface area contributed by atoms with Gasteiger partial charge in [0.05, 0.1) is 6.61 Å². The summed E-state index contributed by atoms with van der Waals surface area (Å²) in [5.41, 5.74) is 0. The second-order valence-corrected chi connectivity index (χ2v) is 2.70. The third-order valence-electron chi connectivity index (χ3n) is 1.34. The second kappa shape index (κ2) is 5.70. The molecular formula is C8H11ClO4. The molecule has 0 N–H and O–H groups in total. The molecule has 0 aliphatic heterocycles.